The number of nitrogens with two attached hydrogens (primary N) is 1. The summed E-state index contributed by atoms with van der Waals surface area (Å²) in [5, 5.41) is 0. The van der Waals surface area contributed by atoms with Gasteiger partial charge in [0, 0.05) is 17.3 Å². The van der Waals surface area contributed by atoms with Crippen LogP contribution in [0, 0.1) is 6.92 Å². The number of hydrogen-bond acceptors (Lipinski definition) is 4. The monoisotopic (exact) mass is 259 g/mol. The minimum absolute atomic E-state index is 0.640. The van der Waals surface area contributed by atoms with Crippen molar-refractivity contribution in [1.82, 2.24) is 9.97 Å². The van der Waals surface area contributed by atoms with Crippen molar-refractivity contribution in [2.24, 2.45) is 5.73 Å². The Morgan fingerprint density at radius 2 is 2.00 bits per heavy atom. The van der Waals surface area contributed by atoms with Gasteiger partial charge in [0.25, 0.3) is 0 Å². The summed E-state index contributed by atoms with van der Waals surface area (Å²) in [6.07, 6.45) is 4.57. The first-order chi connectivity index (χ1) is 8.78. The highest BCUT2D eigenvalue weighted by Gasteiger charge is 2.00. The molecule has 94 valence electrons. The van der Waals surface area contributed by atoms with Gasteiger partial charge in [0.05, 0.1) is 5.75 Å². The Morgan fingerprint density at radius 3 is 2.67 bits per heavy atom. The molecule has 0 spiro atoms. The summed E-state index contributed by atoms with van der Waals surface area (Å²) in [7, 11) is 0. The van der Waals surface area contributed by atoms with Gasteiger partial charge in [-0.15, -0.1) is 11.8 Å². The van der Waals surface area contributed by atoms with E-state index in [0.717, 1.165) is 23.6 Å². The lowest BCUT2D eigenvalue weighted by atomic mass is 10.2. The van der Waals surface area contributed by atoms with E-state index >= 15 is 0 Å². The highest BCUT2D eigenvalue weighted by molar-refractivity contribution is 7.98. The highest BCUT2D eigenvalue weighted by Crippen LogP contribution is 2.21. The fourth-order valence-corrected chi connectivity index (χ4v) is 2.49. The standard InChI is InChI=1S/C14H17N3S/c1-11-3-2-4-13(7-11)18-10-14-16-8-12(5-6-15)9-17-14/h2-4,7-9H,5-6,10,15H2,1H3. The Kier molecular flexibility index (Phi) is 4.73. The molecule has 2 aromatic rings. The van der Waals surface area contributed by atoms with Gasteiger partial charge < -0.3 is 5.73 Å². The average Bonchev–Trinajstić information content (AvgIpc) is 2.38. The lowest BCUT2D eigenvalue weighted by Crippen LogP contribution is -2.04. The van der Waals surface area contributed by atoms with Crippen LogP contribution in [0.25, 0.3) is 0 Å². The molecular weight excluding hydrogens is 242 g/mol. The molecule has 0 saturated carbocycles. The minimum Gasteiger partial charge on any atom is -0.330 e. The average molecular weight is 259 g/mol. The van der Waals surface area contributed by atoms with Crippen LogP contribution in [0.2, 0.25) is 0 Å². The number of hydrogen-bond donors (Lipinski definition) is 1. The number of aryl methyl sites for hydroxylation is 1. The van der Waals surface area contributed by atoms with Gasteiger partial charge >= 0.3 is 0 Å². The largest absolute Gasteiger partial charge is 0.330 e. The Balaban J connectivity index is 1.93. The SMILES string of the molecule is Cc1cccc(SCc2ncc(CCN)cn2)c1. The van der Waals surface area contributed by atoms with Crippen molar-refractivity contribution >= 4 is 11.8 Å². The lowest BCUT2D eigenvalue weighted by molar-refractivity contribution is 0.920. The summed E-state index contributed by atoms with van der Waals surface area (Å²) >= 11 is 1.76. The van der Waals surface area contributed by atoms with Crippen molar-refractivity contribution in [2.45, 2.75) is 24.0 Å². The molecule has 0 aliphatic carbocycles. The predicted molar refractivity (Wildman–Crippen MR) is 75.5 cm³/mol. The van der Waals surface area contributed by atoms with E-state index < -0.39 is 0 Å². The van der Waals surface area contributed by atoms with Gasteiger partial charge in [0.1, 0.15) is 5.82 Å². The van der Waals surface area contributed by atoms with Crippen LogP contribution in [0.5, 0.6) is 0 Å². The molecule has 0 amide bonds. The van der Waals surface area contributed by atoms with E-state index in [2.05, 4.69) is 41.2 Å². The molecule has 4 heteroatoms. The quantitative estimate of drug-likeness (QED) is 0.839. The summed E-state index contributed by atoms with van der Waals surface area (Å²) in [5.41, 5.74) is 7.86. The second-order valence-electron chi connectivity index (χ2n) is 4.15. The van der Waals surface area contributed by atoms with E-state index in [1.165, 1.54) is 10.5 Å². The van der Waals surface area contributed by atoms with E-state index in [1.807, 2.05) is 12.4 Å². The summed E-state index contributed by atoms with van der Waals surface area (Å²) in [4.78, 5) is 9.95. The van der Waals surface area contributed by atoms with Gasteiger partial charge in [-0.05, 0) is 37.6 Å². The highest BCUT2D eigenvalue weighted by atomic mass is 32.2. The van der Waals surface area contributed by atoms with Crippen molar-refractivity contribution in [3.63, 3.8) is 0 Å². The lowest BCUT2D eigenvalue weighted by Gasteiger charge is -2.03. The maximum absolute atomic E-state index is 5.49. The Bertz CT molecular complexity index is 497. The van der Waals surface area contributed by atoms with Crippen molar-refractivity contribution < 1.29 is 0 Å². The first kappa shape index (κ1) is 13.1. The second kappa shape index (κ2) is 6.52. The topological polar surface area (TPSA) is 51.8 Å². The molecule has 0 bridgehead atoms. The number of aromatic nitrogens is 2. The zero-order valence-corrected chi connectivity index (χ0v) is 11.3. The summed E-state index contributed by atoms with van der Waals surface area (Å²) in [5.74, 6) is 1.66. The predicted octanol–water partition coefficient (Wildman–Crippen LogP) is 2.58. The van der Waals surface area contributed by atoms with Crippen LogP contribution in [0.3, 0.4) is 0 Å². The third-order valence-corrected chi connectivity index (χ3v) is 3.54. The van der Waals surface area contributed by atoms with Gasteiger partial charge in [-0.3, -0.25) is 0 Å². The zero-order chi connectivity index (χ0) is 12.8. The molecule has 0 fully saturated rings. The molecule has 2 N–H and O–H groups in total. The number of thioether (sulfide) groups is 1. The molecule has 0 atom stereocenters. The van der Waals surface area contributed by atoms with Crippen LogP contribution >= 0.6 is 11.8 Å². The Morgan fingerprint density at radius 1 is 1.22 bits per heavy atom. The number of benzene rings is 1. The number of nitrogens with zero attached hydrogens (tertiary/aromatic N) is 2. The molecule has 0 aliphatic rings. The zero-order valence-electron chi connectivity index (χ0n) is 10.5. The van der Waals surface area contributed by atoms with E-state index in [-0.39, 0.29) is 0 Å². The maximum atomic E-state index is 5.49. The van der Waals surface area contributed by atoms with Gasteiger partial charge in [-0.25, -0.2) is 9.97 Å². The molecule has 18 heavy (non-hydrogen) atoms. The van der Waals surface area contributed by atoms with Gasteiger partial charge in [-0.1, -0.05) is 17.7 Å². The first-order valence-corrected chi connectivity index (χ1v) is 6.96. The van der Waals surface area contributed by atoms with E-state index in [9.17, 15) is 0 Å². The summed E-state index contributed by atoms with van der Waals surface area (Å²) in [6.45, 7) is 2.74. The molecule has 3 nitrogen and oxygen atoms in total. The summed E-state index contributed by atoms with van der Waals surface area (Å²) in [6, 6.07) is 8.46. The third-order valence-electron chi connectivity index (χ3n) is 2.55. The Labute approximate surface area is 112 Å². The van der Waals surface area contributed by atoms with Crippen molar-refractivity contribution in [2.75, 3.05) is 6.54 Å². The molecule has 0 saturated heterocycles. The normalized spacial score (nSPS) is 10.6. The molecular formula is C14H17N3S. The Hall–Kier alpha value is -1.39. The first-order valence-electron chi connectivity index (χ1n) is 5.97. The van der Waals surface area contributed by atoms with E-state index in [0.29, 0.717) is 6.54 Å². The van der Waals surface area contributed by atoms with Crippen molar-refractivity contribution in [3.8, 4) is 0 Å². The van der Waals surface area contributed by atoms with Crippen LogP contribution in [0.4, 0.5) is 0 Å². The van der Waals surface area contributed by atoms with Crippen LogP contribution in [0.15, 0.2) is 41.6 Å². The smallest absolute Gasteiger partial charge is 0.138 e. The van der Waals surface area contributed by atoms with Gasteiger partial charge in [0.2, 0.25) is 0 Å². The van der Waals surface area contributed by atoms with E-state index in [1.54, 1.807) is 11.8 Å². The molecule has 1 aromatic carbocycles. The third kappa shape index (κ3) is 3.82. The van der Waals surface area contributed by atoms with Crippen LogP contribution in [0.1, 0.15) is 17.0 Å². The van der Waals surface area contributed by atoms with Crippen molar-refractivity contribution in [1.29, 1.82) is 0 Å². The van der Waals surface area contributed by atoms with Crippen LogP contribution in [-0.2, 0) is 12.2 Å². The molecule has 1 heterocycles. The minimum atomic E-state index is 0.640. The molecule has 0 unspecified atom stereocenters. The molecule has 1 aromatic heterocycles. The van der Waals surface area contributed by atoms with E-state index in [4.69, 9.17) is 5.73 Å². The fraction of sp³-hybridized carbons (Fsp3) is 0.286. The molecule has 0 radical (unpaired) electrons. The molecule has 2 rings (SSSR count). The fourth-order valence-electron chi connectivity index (χ4n) is 1.60. The van der Waals surface area contributed by atoms with Gasteiger partial charge in [-0.2, -0.15) is 0 Å². The molecule has 0 aliphatic heterocycles. The number of rotatable bonds is 5. The van der Waals surface area contributed by atoms with Gasteiger partial charge in [0.15, 0.2) is 0 Å². The van der Waals surface area contributed by atoms with Crippen LogP contribution < -0.4 is 5.73 Å². The van der Waals surface area contributed by atoms with Crippen molar-refractivity contribution in [3.05, 3.63) is 53.6 Å². The summed E-state index contributed by atoms with van der Waals surface area (Å²) < 4.78 is 0. The van der Waals surface area contributed by atoms with Crippen LogP contribution in [-0.4, -0.2) is 16.5 Å². The maximum Gasteiger partial charge on any atom is 0.138 e. The second-order valence-corrected chi connectivity index (χ2v) is 5.20.